The number of esters is 1. The summed E-state index contributed by atoms with van der Waals surface area (Å²) in [6.07, 6.45) is -3.46. The van der Waals surface area contributed by atoms with Gasteiger partial charge in [0.2, 0.25) is 6.04 Å². The van der Waals surface area contributed by atoms with Gasteiger partial charge in [-0.2, -0.15) is 13.2 Å². The molecule has 1 aromatic carbocycles. The molecule has 2 rings (SSSR count). The van der Waals surface area contributed by atoms with Crippen molar-refractivity contribution in [1.82, 2.24) is 4.57 Å². The Morgan fingerprint density at radius 2 is 1.94 bits per heavy atom. The van der Waals surface area contributed by atoms with E-state index in [0.29, 0.717) is 10.9 Å². The highest BCUT2D eigenvalue weighted by Gasteiger charge is 2.47. The van der Waals surface area contributed by atoms with Crippen LogP contribution in [-0.2, 0) is 9.53 Å². The van der Waals surface area contributed by atoms with Crippen LogP contribution in [0.3, 0.4) is 0 Å². The molecule has 1 atom stereocenters. The molecule has 0 bridgehead atoms. The molecule has 0 radical (unpaired) electrons. The molecular formula is C12H10F3NO2. The van der Waals surface area contributed by atoms with Crippen LogP contribution < -0.4 is 0 Å². The van der Waals surface area contributed by atoms with Gasteiger partial charge in [-0.25, -0.2) is 4.79 Å². The van der Waals surface area contributed by atoms with Crippen molar-refractivity contribution in [2.24, 2.45) is 0 Å². The molecule has 0 fully saturated rings. The highest BCUT2D eigenvalue weighted by atomic mass is 19.4. The third-order valence-electron chi connectivity index (χ3n) is 2.64. The molecule has 0 saturated carbocycles. The first-order chi connectivity index (χ1) is 8.45. The SMILES string of the molecule is COC(=O)[C@H](n1ccc2ccccc21)C(F)(F)F. The van der Waals surface area contributed by atoms with E-state index >= 15 is 0 Å². The van der Waals surface area contributed by atoms with E-state index in [0.717, 1.165) is 11.7 Å². The lowest BCUT2D eigenvalue weighted by atomic mass is 10.2. The second kappa shape index (κ2) is 4.36. The highest BCUT2D eigenvalue weighted by molar-refractivity contribution is 5.83. The maximum Gasteiger partial charge on any atom is 0.419 e. The standard InChI is InChI=1S/C12H10F3NO2/c1-18-11(17)10(12(13,14)15)16-7-6-8-4-2-3-5-9(8)16/h2-7,10H,1H3/t10-/m0/s1. The molecule has 0 unspecified atom stereocenters. The summed E-state index contributed by atoms with van der Waals surface area (Å²) >= 11 is 0. The average molecular weight is 257 g/mol. The Balaban J connectivity index is 2.58. The van der Waals surface area contributed by atoms with Gasteiger partial charge in [0.25, 0.3) is 0 Å². The van der Waals surface area contributed by atoms with E-state index < -0.39 is 18.2 Å². The Labute approximate surface area is 101 Å². The molecule has 18 heavy (non-hydrogen) atoms. The molecule has 2 aromatic rings. The number of nitrogens with zero attached hydrogens (tertiary/aromatic N) is 1. The summed E-state index contributed by atoms with van der Waals surface area (Å²) in [5, 5.41) is 0.635. The second-order valence-corrected chi connectivity index (χ2v) is 3.75. The molecule has 6 heteroatoms. The molecule has 0 amide bonds. The van der Waals surface area contributed by atoms with Crippen molar-refractivity contribution in [3.05, 3.63) is 36.5 Å². The fourth-order valence-electron chi connectivity index (χ4n) is 1.85. The van der Waals surface area contributed by atoms with Crippen LogP contribution in [0.15, 0.2) is 36.5 Å². The Morgan fingerprint density at radius 3 is 2.56 bits per heavy atom. The fraction of sp³-hybridized carbons (Fsp3) is 0.250. The van der Waals surface area contributed by atoms with E-state index in [-0.39, 0.29) is 0 Å². The zero-order valence-electron chi connectivity index (χ0n) is 9.44. The normalized spacial score (nSPS) is 13.6. The predicted molar refractivity (Wildman–Crippen MR) is 59.0 cm³/mol. The molecule has 1 aromatic heterocycles. The summed E-state index contributed by atoms with van der Waals surface area (Å²) in [6.45, 7) is 0. The van der Waals surface area contributed by atoms with Crippen LogP contribution in [-0.4, -0.2) is 23.8 Å². The monoisotopic (exact) mass is 257 g/mol. The number of fused-ring (bicyclic) bond motifs is 1. The van der Waals surface area contributed by atoms with Crippen molar-refractivity contribution in [2.45, 2.75) is 12.2 Å². The lowest BCUT2D eigenvalue weighted by molar-refractivity contribution is -0.190. The number of para-hydroxylation sites is 1. The summed E-state index contributed by atoms with van der Waals surface area (Å²) in [6, 6.07) is 5.74. The number of carbonyl (C=O) groups is 1. The van der Waals surface area contributed by atoms with Crippen molar-refractivity contribution in [3.8, 4) is 0 Å². The molecule has 1 heterocycles. The number of alkyl halides is 3. The Morgan fingerprint density at radius 1 is 1.28 bits per heavy atom. The zero-order valence-corrected chi connectivity index (χ0v) is 9.44. The number of ether oxygens (including phenoxy) is 1. The number of aromatic nitrogens is 1. The van der Waals surface area contributed by atoms with Gasteiger partial charge >= 0.3 is 12.1 Å². The van der Waals surface area contributed by atoms with E-state index in [2.05, 4.69) is 4.74 Å². The van der Waals surface area contributed by atoms with Crippen molar-refractivity contribution < 1.29 is 22.7 Å². The largest absolute Gasteiger partial charge is 0.467 e. The Hall–Kier alpha value is -1.98. The van der Waals surface area contributed by atoms with Gasteiger partial charge in [0.1, 0.15) is 0 Å². The summed E-state index contributed by atoms with van der Waals surface area (Å²) in [7, 11) is 0.937. The van der Waals surface area contributed by atoms with Crippen molar-refractivity contribution in [1.29, 1.82) is 0 Å². The minimum Gasteiger partial charge on any atom is -0.467 e. The average Bonchev–Trinajstić information content (AvgIpc) is 2.71. The minimum atomic E-state index is -4.70. The maximum absolute atomic E-state index is 12.9. The number of benzene rings is 1. The van der Waals surface area contributed by atoms with Crippen LogP contribution >= 0.6 is 0 Å². The fourth-order valence-corrected chi connectivity index (χ4v) is 1.85. The maximum atomic E-state index is 12.9. The Kier molecular flexibility index (Phi) is 3.02. The number of carbonyl (C=O) groups excluding carboxylic acids is 1. The lowest BCUT2D eigenvalue weighted by Gasteiger charge is -2.20. The third-order valence-corrected chi connectivity index (χ3v) is 2.64. The number of hydrogen-bond donors (Lipinski definition) is 0. The molecule has 96 valence electrons. The molecular weight excluding hydrogens is 247 g/mol. The van der Waals surface area contributed by atoms with Gasteiger partial charge in [0.05, 0.1) is 7.11 Å². The van der Waals surface area contributed by atoms with Crippen LogP contribution in [0.5, 0.6) is 0 Å². The van der Waals surface area contributed by atoms with Gasteiger partial charge in [0.15, 0.2) is 0 Å². The molecule has 0 aliphatic rings. The molecule has 0 aliphatic carbocycles. The molecule has 0 N–H and O–H groups in total. The topological polar surface area (TPSA) is 31.2 Å². The van der Waals surface area contributed by atoms with Crippen molar-refractivity contribution >= 4 is 16.9 Å². The number of methoxy groups -OCH3 is 1. The Bertz CT molecular complexity index is 574. The van der Waals surface area contributed by atoms with E-state index in [1.807, 2.05) is 0 Å². The first kappa shape index (κ1) is 12.5. The second-order valence-electron chi connectivity index (χ2n) is 3.75. The summed E-state index contributed by atoms with van der Waals surface area (Å²) < 4.78 is 43.9. The van der Waals surface area contributed by atoms with Gasteiger partial charge in [0, 0.05) is 11.7 Å². The summed E-state index contributed by atoms with van der Waals surface area (Å²) in [5.74, 6) is -1.33. The quantitative estimate of drug-likeness (QED) is 0.774. The van der Waals surface area contributed by atoms with Crippen LogP contribution in [0, 0.1) is 0 Å². The molecule has 3 nitrogen and oxygen atoms in total. The number of rotatable bonds is 2. The smallest absolute Gasteiger partial charge is 0.419 e. The van der Waals surface area contributed by atoms with E-state index in [9.17, 15) is 18.0 Å². The first-order valence-corrected chi connectivity index (χ1v) is 5.15. The van der Waals surface area contributed by atoms with Gasteiger partial charge in [-0.05, 0) is 17.5 Å². The number of hydrogen-bond acceptors (Lipinski definition) is 2. The van der Waals surface area contributed by atoms with Gasteiger partial charge < -0.3 is 9.30 Å². The summed E-state index contributed by atoms with van der Waals surface area (Å²) in [5.41, 5.74) is 0.338. The van der Waals surface area contributed by atoms with Crippen molar-refractivity contribution in [2.75, 3.05) is 7.11 Å². The van der Waals surface area contributed by atoms with Crippen LogP contribution in [0.4, 0.5) is 13.2 Å². The zero-order chi connectivity index (χ0) is 13.3. The highest BCUT2D eigenvalue weighted by Crippen LogP contribution is 2.34. The van der Waals surface area contributed by atoms with E-state index in [1.165, 1.54) is 18.3 Å². The predicted octanol–water partition coefficient (Wildman–Crippen LogP) is 2.92. The van der Waals surface area contributed by atoms with Crippen LogP contribution in [0.2, 0.25) is 0 Å². The minimum absolute atomic E-state index is 0.338. The van der Waals surface area contributed by atoms with E-state index in [1.54, 1.807) is 18.2 Å². The third kappa shape index (κ3) is 2.05. The van der Waals surface area contributed by atoms with Crippen LogP contribution in [0.25, 0.3) is 10.9 Å². The molecule has 0 saturated heterocycles. The van der Waals surface area contributed by atoms with Crippen LogP contribution in [0.1, 0.15) is 6.04 Å². The first-order valence-electron chi connectivity index (χ1n) is 5.15. The van der Waals surface area contributed by atoms with Crippen molar-refractivity contribution in [3.63, 3.8) is 0 Å². The number of halogens is 3. The summed E-state index contributed by atoms with van der Waals surface area (Å²) in [4.78, 5) is 11.3. The lowest BCUT2D eigenvalue weighted by Crippen LogP contribution is -2.34. The van der Waals surface area contributed by atoms with E-state index in [4.69, 9.17) is 0 Å². The molecule has 0 spiro atoms. The van der Waals surface area contributed by atoms with Gasteiger partial charge in [-0.1, -0.05) is 18.2 Å². The van der Waals surface area contributed by atoms with Gasteiger partial charge in [-0.3, -0.25) is 0 Å². The molecule has 0 aliphatic heterocycles. The van der Waals surface area contributed by atoms with Gasteiger partial charge in [-0.15, -0.1) is 0 Å².